The molecule has 8 nitrogen and oxygen atoms in total. The van der Waals surface area contributed by atoms with E-state index >= 15 is 0 Å². The largest absolute Gasteiger partial charge is 0.522 e. The molecule has 1 fully saturated rings. The number of nitrogens with zero attached hydrogens (tertiary/aromatic N) is 1. The Morgan fingerprint density at radius 2 is 1.92 bits per heavy atom. The molecule has 36 heavy (non-hydrogen) atoms. The van der Waals surface area contributed by atoms with Gasteiger partial charge >= 0.3 is 6.36 Å². The number of aryl methyl sites for hydroxylation is 1. The fourth-order valence-corrected chi connectivity index (χ4v) is 4.28. The molecule has 1 aliphatic rings. The number of rotatable bonds is 7. The summed E-state index contributed by atoms with van der Waals surface area (Å²) < 4.78 is 47.2. The van der Waals surface area contributed by atoms with Crippen LogP contribution in [-0.2, 0) is 11.2 Å². The summed E-state index contributed by atoms with van der Waals surface area (Å²) in [5, 5.41) is 12.7. The minimum Gasteiger partial charge on any atom is -0.430 e. The van der Waals surface area contributed by atoms with Crippen LogP contribution >= 0.6 is 0 Å². The molecule has 3 atom stereocenters. The predicted molar refractivity (Wildman–Crippen MR) is 123 cm³/mol. The van der Waals surface area contributed by atoms with Gasteiger partial charge in [-0.15, -0.1) is 13.2 Å². The Labute approximate surface area is 204 Å². The minimum absolute atomic E-state index is 0.161. The van der Waals surface area contributed by atoms with Crippen molar-refractivity contribution < 1.29 is 37.0 Å². The summed E-state index contributed by atoms with van der Waals surface area (Å²) in [5.41, 5.74) is 7.72. The van der Waals surface area contributed by atoms with E-state index in [1.54, 1.807) is 36.4 Å². The molecule has 0 unspecified atom stereocenters. The van der Waals surface area contributed by atoms with Gasteiger partial charge in [-0.05, 0) is 42.7 Å². The number of oxazole rings is 1. The maximum atomic E-state index is 12.9. The average molecular weight is 503 g/mol. The average Bonchev–Trinajstić information content (AvgIpc) is 3.42. The van der Waals surface area contributed by atoms with Gasteiger partial charge in [0.15, 0.2) is 0 Å². The van der Waals surface area contributed by atoms with Gasteiger partial charge in [-0.2, -0.15) is 0 Å². The summed E-state index contributed by atoms with van der Waals surface area (Å²) in [6.07, 6.45) is -7.19. The smallest absolute Gasteiger partial charge is 0.430 e. The molecule has 3 aromatic rings. The number of amides is 2. The molecule has 1 saturated carbocycles. The van der Waals surface area contributed by atoms with Gasteiger partial charge in [0.05, 0.1) is 18.2 Å². The second-order valence-electron chi connectivity index (χ2n) is 8.46. The number of carbonyl (C=O) groups excluding carboxylic acids is 2. The van der Waals surface area contributed by atoms with Gasteiger partial charge in [0, 0.05) is 23.1 Å². The van der Waals surface area contributed by atoms with Crippen LogP contribution in [0.25, 0.3) is 22.7 Å². The number of aliphatic hydroxyl groups excluding tert-OH is 1. The van der Waals surface area contributed by atoms with Gasteiger partial charge in [0.2, 0.25) is 11.7 Å². The number of nitrogens with two attached hydrogens (primary N) is 1. The van der Waals surface area contributed by atoms with E-state index in [0.29, 0.717) is 17.5 Å². The number of benzene rings is 2. The molecule has 1 aliphatic carbocycles. The van der Waals surface area contributed by atoms with E-state index in [4.69, 9.17) is 10.2 Å². The van der Waals surface area contributed by atoms with Gasteiger partial charge < -0.3 is 20.6 Å². The molecule has 0 bridgehead atoms. The lowest BCUT2D eigenvalue weighted by Gasteiger charge is -2.17. The van der Waals surface area contributed by atoms with Crippen molar-refractivity contribution in [1.82, 2.24) is 10.3 Å². The van der Waals surface area contributed by atoms with Gasteiger partial charge in [-0.3, -0.25) is 14.3 Å². The Morgan fingerprint density at radius 1 is 1.19 bits per heavy atom. The van der Waals surface area contributed by atoms with Crippen LogP contribution < -0.4 is 11.1 Å². The van der Waals surface area contributed by atoms with Crippen LogP contribution in [0.5, 0.6) is 0 Å². The number of alkyl halides is 3. The third-order valence-electron chi connectivity index (χ3n) is 5.98. The highest BCUT2D eigenvalue weighted by atomic mass is 19.4. The van der Waals surface area contributed by atoms with Crippen LogP contribution in [0.2, 0.25) is 0 Å². The third-order valence-corrected chi connectivity index (χ3v) is 5.98. The van der Waals surface area contributed by atoms with Crippen molar-refractivity contribution in [3.63, 3.8) is 0 Å². The second-order valence-corrected chi connectivity index (χ2v) is 8.46. The molecule has 0 saturated heterocycles. The van der Waals surface area contributed by atoms with Crippen molar-refractivity contribution in [3.05, 3.63) is 65.4 Å². The van der Waals surface area contributed by atoms with Crippen LogP contribution in [0.4, 0.5) is 13.2 Å². The van der Waals surface area contributed by atoms with Crippen molar-refractivity contribution >= 4 is 11.8 Å². The number of hydrogen-bond acceptors (Lipinski definition) is 6. The lowest BCUT2D eigenvalue weighted by Crippen LogP contribution is -2.40. The molecular formula is C25H24F3N3O5. The third kappa shape index (κ3) is 5.58. The Bertz CT molecular complexity index is 1260. The zero-order valence-electron chi connectivity index (χ0n) is 19.2. The highest BCUT2D eigenvalue weighted by Gasteiger charge is 2.41. The number of primary amides is 1. The summed E-state index contributed by atoms with van der Waals surface area (Å²) in [4.78, 5) is 29.6. The number of carbonyl (C=O) groups is 2. The predicted octanol–water partition coefficient (Wildman–Crippen LogP) is 3.83. The van der Waals surface area contributed by atoms with E-state index in [0.717, 1.165) is 5.56 Å². The first kappa shape index (κ1) is 25.4. The highest BCUT2D eigenvalue weighted by Crippen LogP contribution is 2.33. The molecule has 1 aromatic heterocycles. The lowest BCUT2D eigenvalue weighted by atomic mass is 9.98. The van der Waals surface area contributed by atoms with E-state index in [1.165, 1.54) is 6.07 Å². The number of halogens is 3. The van der Waals surface area contributed by atoms with Gasteiger partial charge in [0.25, 0.3) is 11.8 Å². The number of nitrogens with one attached hydrogen (secondary N) is 1. The molecule has 2 amide bonds. The zero-order chi connectivity index (χ0) is 26.0. The molecular weight excluding hydrogens is 479 g/mol. The van der Waals surface area contributed by atoms with Gasteiger partial charge in [0.1, 0.15) is 5.69 Å². The number of hydrogen-bond donors (Lipinski definition) is 3. The van der Waals surface area contributed by atoms with E-state index < -0.39 is 36.4 Å². The number of aromatic nitrogens is 1. The van der Waals surface area contributed by atoms with Crippen molar-refractivity contribution in [1.29, 1.82) is 0 Å². The molecule has 11 heteroatoms. The van der Waals surface area contributed by atoms with Crippen LogP contribution in [0.15, 0.2) is 52.9 Å². The van der Waals surface area contributed by atoms with Crippen LogP contribution in [0.1, 0.15) is 46.2 Å². The van der Waals surface area contributed by atoms with E-state index in [1.807, 2.05) is 13.0 Å². The first-order valence-corrected chi connectivity index (χ1v) is 11.3. The second kappa shape index (κ2) is 10.1. The highest BCUT2D eigenvalue weighted by molar-refractivity contribution is 5.99. The van der Waals surface area contributed by atoms with Crippen molar-refractivity contribution in [2.75, 3.05) is 0 Å². The monoisotopic (exact) mass is 503 g/mol. The van der Waals surface area contributed by atoms with Crippen LogP contribution in [-0.4, -0.2) is 46.5 Å². The summed E-state index contributed by atoms with van der Waals surface area (Å²) >= 11 is 0. The Hall–Kier alpha value is -3.70. The van der Waals surface area contributed by atoms with Crippen LogP contribution in [0.3, 0.4) is 0 Å². The first-order chi connectivity index (χ1) is 17.1. The standard InChI is InChI=1S/C25H24F3N3O5/c1-2-13-8-9-15(23(34)30-18-11-16(12-19(18)32)36-25(26,27)28)10-17(13)20-21(22(29)33)35-24(31-20)14-6-4-3-5-7-14/h3-10,16,18-19,32H,2,11-12H2,1H3,(H2,29,33)(H,30,34)/t16-,18-,19-/m0/s1. The quantitative estimate of drug-likeness (QED) is 0.450. The summed E-state index contributed by atoms with van der Waals surface area (Å²) in [7, 11) is 0. The molecule has 0 spiro atoms. The molecule has 4 N–H and O–H groups in total. The zero-order valence-corrected chi connectivity index (χ0v) is 19.2. The van der Waals surface area contributed by atoms with Gasteiger partial charge in [-0.25, -0.2) is 4.98 Å². The van der Waals surface area contributed by atoms with E-state index in [-0.39, 0.29) is 35.7 Å². The lowest BCUT2D eigenvalue weighted by molar-refractivity contribution is -0.342. The first-order valence-electron chi connectivity index (χ1n) is 11.3. The molecule has 1 heterocycles. The minimum atomic E-state index is -4.83. The summed E-state index contributed by atoms with van der Waals surface area (Å²) in [5.74, 6) is -1.43. The number of aliphatic hydroxyl groups is 1. The number of ether oxygens (including phenoxy) is 1. The fourth-order valence-electron chi connectivity index (χ4n) is 4.28. The molecule has 0 aliphatic heterocycles. The topological polar surface area (TPSA) is 128 Å². The fraction of sp³-hybridized carbons (Fsp3) is 0.320. The van der Waals surface area contributed by atoms with E-state index in [9.17, 15) is 27.9 Å². The van der Waals surface area contributed by atoms with Gasteiger partial charge in [-0.1, -0.05) is 31.2 Å². The Kier molecular flexibility index (Phi) is 7.14. The van der Waals surface area contributed by atoms with Crippen LogP contribution in [0, 0.1) is 0 Å². The SMILES string of the molecule is CCc1ccc(C(=O)N[C@H]2C[C@H](OC(F)(F)F)C[C@@H]2O)cc1-c1nc(-c2ccccc2)oc1C(N)=O. The Morgan fingerprint density at radius 3 is 2.56 bits per heavy atom. The maximum absolute atomic E-state index is 12.9. The molecule has 0 radical (unpaired) electrons. The molecule has 190 valence electrons. The summed E-state index contributed by atoms with van der Waals surface area (Å²) in [6.45, 7) is 1.89. The van der Waals surface area contributed by atoms with Crippen molar-refractivity contribution in [3.8, 4) is 22.7 Å². The van der Waals surface area contributed by atoms with Crippen molar-refractivity contribution in [2.45, 2.75) is 50.8 Å². The summed E-state index contributed by atoms with van der Waals surface area (Å²) in [6, 6.07) is 12.7. The molecule has 4 rings (SSSR count). The maximum Gasteiger partial charge on any atom is 0.522 e. The van der Waals surface area contributed by atoms with Crippen molar-refractivity contribution in [2.24, 2.45) is 5.73 Å². The Balaban J connectivity index is 1.63. The van der Waals surface area contributed by atoms with E-state index in [2.05, 4.69) is 15.0 Å². The normalized spacial score (nSPS) is 19.9. The molecule has 2 aromatic carbocycles.